The summed E-state index contributed by atoms with van der Waals surface area (Å²) in [6, 6.07) is 11.2. The van der Waals surface area contributed by atoms with Crippen molar-refractivity contribution < 1.29 is 13.6 Å². The summed E-state index contributed by atoms with van der Waals surface area (Å²) in [5.74, 6) is -2.19. The summed E-state index contributed by atoms with van der Waals surface area (Å²) in [7, 11) is 0. The Labute approximate surface area is 133 Å². The molecule has 0 saturated carbocycles. The molecule has 2 atom stereocenters. The number of hydrogen-bond acceptors (Lipinski definition) is 2. The van der Waals surface area contributed by atoms with Gasteiger partial charge in [0, 0.05) is 17.8 Å². The van der Waals surface area contributed by atoms with E-state index in [2.05, 4.69) is 22.8 Å². The van der Waals surface area contributed by atoms with Gasteiger partial charge in [0.2, 0.25) is 5.91 Å². The first-order valence-electron chi connectivity index (χ1n) is 7.64. The van der Waals surface area contributed by atoms with E-state index in [1.165, 1.54) is 17.2 Å². The van der Waals surface area contributed by atoms with Crippen molar-refractivity contribution in [3.8, 4) is 0 Å². The minimum absolute atomic E-state index is 0.136. The number of hydrogen-bond donors (Lipinski definition) is 2. The largest absolute Gasteiger partial charge is 0.325 e. The van der Waals surface area contributed by atoms with Crippen molar-refractivity contribution in [1.82, 2.24) is 5.32 Å². The van der Waals surface area contributed by atoms with Crippen LogP contribution in [-0.2, 0) is 11.2 Å². The van der Waals surface area contributed by atoms with E-state index in [1.54, 1.807) is 6.92 Å². The van der Waals surface area contributed by atoms with Crippen LogP contribution in [0.1, 0.15) is 30.5 Å². The minimum Gasteiger partial charge on any atom is -0.325 e. The zero-order valence-electron chi connectivity index (χ0n) is 12.8. The maximum Gasteiger partial charge on any atom is 0.241 e. The highest BCUT2D eigenvalue weighted by molar-refractivity contribution is 5.94. The monoisotopic (exact) mass is 316 g/mol. The third kappa shape index (κ3) is 3.40. The third-order valence-electron chi connectivity index (χ3n) is 4.16. The predicted molar refractivity (Wildman–Crippen MR) is 85.1 cm³/mol. The summed E-state index contributed by atoms with van der Waals surface area (Å²) < 4.78 is 26.1. The highest BCUT2D eigenvalue weighted by atomic mass is 19.2. The van der Waals surface area contributed by atoms with Crippen LogP contribution in [-0.4, -0.2) is 11.9 Å². The van der Waals surface area contributed by atoms with E-state index in [0.717, 1.165) is 25.0 Å². The number of carbonyl (C=O) groups is 1. The van der Waals surface area contributed by atoms with Gasteiger partial charge in [0.05, 0.1) is 6.04 Å². The molecule has 120 valence electrons. The number of amides is 1. The molecule has 2 aromatic rings. The van der Waals surface area contributed by atoms with E-state index in [9.17, 15) is 13.6 Å². The van der Waals surface area contributed by atoms with Gasteiger partial charge in [0.15, 0.2) is 11.6 Å². The molecule has 3 rings (SSSR count). The van der Waals surface area contributed by atoms with Crippen molar-refractivity contribution >= 4 is 11.6 Å². The van der Waals surface area contributed by atoms with Crippen LogP contribution in [0.4, 0.5) is 14.5 Å². The van der Waals surface area contributed by atoms with Crippen LogP contribution < -0.4 is 10.6 Å². The second-order valence-electron chi connectivity index (χ2n) is 5.80. The van der Waals surface area contributed by atoms with E-state index in [-0.39, 0.29) is 17.6 Å². The molecule has 0 radical (unpaired) electrons. The zero-order valence-corrected chi connectivity index (χ0v) is 12.8. The molecule has 2 N–H and O–H groups in total. The molecule has 0 spiro atoms. The van der Waals surface area contributed by atoms with Crippen LogP contribution in [0.15, 0.2) is 42.5 Å². The van der Waals surface area contributed by atoms with Crippen LogP contribution in [0.5, 0.6) is 0 Å². The average Bonchev–Trinajstić information content (AvgIpc) is 2.94. The summed E-state index contributed by atoms with van der Waals surface area (Å²) in [4.78, 5) is 12.2. The number of halogens is 2. The fourth-order valence-corrected chi connectivity index (χ4v) is 2.93. The quantitative estimate of drug-likeness (QED) is 0.905. The van der Waals surface area contributed by atoms with Gasteiger partial charge in [-0.1, -0.05) is 24.3 Å². The number of fused-ring (bicyclic) bond motifs is 1. The number of carbonyl (C=O) groups excluding carboxylic acids is 1. The molecule has 3 nitrogen and oxygen atoms in total. The second-order valence-corrected chi connectivity index (χ2v) is 5.80. The van der Waals surface area contributed by atoms with Crippen LogP contribution in [0, 0.1) is 11.6 Å². The Kier molecular flexibility index (Phi) is 4.39. The van der Waals surface area contributed by atoms with Gasteiger partial charge >= 0.3 is 0 Å². The zero-order chi connectivity index (χ0) is 16.4. The van der Waals surface area contributed by atoms with Gasteiger partial charge in [-0.05, 0) is 43.0 Å². The molecule has 0 unspecified atom stereocenters. The maximum absolute atomic E-state index is 13.2. The molecule has 0 fully saturated rings. The lowest BCUT2D eigenvalue weighted by atomic mass is 10.1. The van der Waals surface area contributed by atoms with Gasteiger partial charge in [-0.25, -0.2) is 8.78 Å². The fraction of sp³-hybridized carbons (Fsp3) is 0.278. The standard InChI is InChI=1S/C18H18F2N2O/c1-11(18(23)22-13-7-8-15(19)16(20)10-13)21-17-9-6-12-4-2-3-5-14(12)17/h2-5,7-8,10-11,17,21H,6,9H2,1H3,(H,22,23)/t11-,17-/m1/s1. The molecular formula is C18H18F2N2O. The van der Waals surface area contributed by atoms with E-state index in [1.807, 2.05) is 12.1 Å². The van der Waals surface area contributed by atoms with Gasteiger partial charge < -0.3 is 5.32 Å². The first-order chi connectivity index (χ1) is 11.0. The highest BCUT2D eigenvalue weighted by Gasteiger charge is 2.25. The lowest BCUT2D eigenvalue weighted by Crippen LogP contribution is -2.39. The van der Waals surface area contributed by atoms with Crippen LogP contribution in [0.25, 0.3) is 0 Å². The molecule has 0 aliphatic heterocycles. The van der Waals surface area contributed by atoms with Gasteiger partial charge in [0.1, 0.15) is 0 Å². The SMILES string of the molecule is C[C@@H](N[C@@H]1CCc2ccccc21)C(=O)Nc1ccc(F)c(F)c1. The minimum atomic E-state index is -0.979. The third-order valence-corrected chi connectivity index (χ3v) is 4.16. The fourth-order valence-electron chi connectivity index (χ4n) is 2.93. The van der Waals surface area contributed by atoms with E-state index < -0.39 is 17.7 Å². The van der Waals surface area contributed by atoms with Crippen molar-refractivity contribution in [2.45, 2.75) is 31.8 Å². The topological polar surface area (TPSA) is 41.1 Å². The van der Waals surface area contributed by atoms with E-state index >= 15 is 0 Å². The molecule has 1 aliphatic carbocycles. The Hall–Kier alpha value is -2.27. The van der Waals surface area contributed by atoms with E-state index in [4.69, 9.17) is 0 Å². The van der Waals surface area contributed by atoms with Crippen LogP contribution in [0.3, 0.4) is 0 Å². The molecule has 0 aromatic heterocycles. The van der Waals surface area contributed by atoms with Crippen LogP contribution in [0.2, 0.25) is 0 Å². The molecule has 0 heterocycles. The van der Waals surface area contributed by atoms with Gasteiger partial charge in [0.25, 0.3) is 0 Å². The van der Waals surface area contributed by atoms with Gasteiger partial charge in [-0.3, -0.25) is 10.1 Å². The predicted octanol–water partition coefficient (Wildman–Crippen LogP) is 3.57. The molecule has 1 aliphatic rings. The summed E-state index contributed by atoms with van der Waals surface area (Å²) >= 11 is 0. The lowest BCUT2D eigenvalue weighted by molar-refractivity contribution is -0.118. The number of anilines is 1. The normalized spacial score (nSPS) is 17.6. The number of rotatable bonds is 4. The summed E-state index contributed by atoms with van der Waals surface area (Å²) in [6.07, 6.45) is 1.94. The van der Waals surface area contributed by atoms with Crippen molar-refractivity contribution in [2.75, 3.05) is 5.32 Å². The van der Waals surface area contributed by atoms with Crippen molar-refractivity contribution in [2.24, 2.45) is 0 Å². The van der Waals surface area contributed by atoms with Crippen LogP contribution >= 0.6 is 0 Å². The Morgan fingerprint density at radius 1 is 1.17 bits per heavy atom. The highest BCUT2D eigenvalue weighted by Crippen LogP contribution is 2.31. The molecule has 0 saturated heterocycles. The number of nitrogens with one attached hydrogen (secondary N) is 2. The smallest absolute Gasteiger partial charge is 0.241 e. The Morgan fingerprint density at radius 3 is 2.74 bits per heavy atom. The maximum atomic E-state index is 13.2. The Morgan fingerprint density at radius 2 is 1.96 bits per heavy atom. The number of aryl methyl sites for hydroxylation is 1. The van der Waals surface area contributed by atoms with Crippen molar-refractivity contribution in [1.29, 1.82) is 0 Å². The first-order valence-corrected chi connectivity index (χ1v) is 7.64. The summed E-state index contributed by atoms with van der Waals surface area (Å²) in [5.41, 5.74) is 2.77. The molecule has 5 heteroatoms. The summed E-state index contributed by atoms with van der Waals surface area (Å²) in [5, 5.41) is 5.90. The molecular weight excluding hydrogens is 298 g/mol. The van der Waals surface area contributed by atoms with E-state index in [0.29, 0.717) is 0 Å². The van der Waals surface area contributed by atoms with Crippen molar-refractivity contribution in [3.05, 3.63) is 65.2 Å². The first kappa shape index (κ1) is 15.6. The average molecular weight is 316 g/mol. The molecule has 2 aromatic carbocycles. The summed E-state index contributed by atoms with van der Waals surface area (Å²) in [6.45, 7) is 1.76. The lowest BCUT2D eigenvalue weighted by Gasteiger charge is -2.20. The molecule has 0 bridgehead atoms. The molecule has 1 amide bonds. The molecule has 23 heavy (non-hydrogen) atoms. The van der Waals surface area contributed by atoms with Crippen molar-refractivity contribution in [3.63, 3.8) is 0 Å². The van der Waals surface area contributed by atoms with Gasteiger partial charge in [-0.15, -0.1) is 0 Å². The Bertz CT molecular complexity index is 733. The second kappa shape index (κ2) is 6.46. The Balaban J connectivity index is 1.63. The van der Waals surface area contributed by atoms with Gasteiger partial charge in [-0.2, -0.15) is 0 Å². The number of benzene rings is 2.